The summed E-state index contributed by atoms with van der Waals surface area (Å²) >= 11 is 0. The first kappa shape index (κ1) is 24.4. The predicted molar refractivity (Wildman–Crippen MR) is 122 cm³/mol. The number of nitrogens with one attached hydrogen (secondary N) is 2. The van der Waals surface area contributed by atoms with E-state index in [1.165, 1.54) is 0 Å². The van der Waals surface area contributed by atoms with Gasteiger partial charge in [-0.3, -0.25) is 9.89 Å². The van der Waals surface area contributed by atoms with Crippen molar-refractivity contribution in [2.75, 3.05) is 26.2 Å². The second-order valence-corrected chi connectivity index (χ2v) is 7.12. The summed E-state index contributed by atoms with van der Waals surface area (Å²) in [5.74, 6) is 0.786. The lowest BCUT2D eigenvalue weighted by molar-refractivity contribution is -0.137. The Balaban J connectivity index is 0.00000320. The summed E-state index contributed by atoms with van der Waals surface area (Å²) < 4.78 is 40.0. The highest BCUT2D eigenvalue weighted by Crippen LogP contribution is 2.29. The van der Waals surface area contributed by atoms with E-state index in [0.717, 1.165) is 56.3 Å². The summed E-state index contributed by atoms with van der Waals surface area (Å²) in [5, 5.41) is 6.73. The minimum atomic E-state index is -4.29. The van der Waals surface area contributed by atoms with Gasteiger partial charge in [-0.2, -0.15) is 13.2 Å². The molecule has 1 aromatic heterocycles. The molecule has 0 amide bonds. The van der Waals surface area contributed by atoms with Gasteiger partial charge in [-0.05, 0) is 31.0 Å². The van der Waals surface area contributed by atoms with Crippen molar-refractivity contribution in [1.29, 1.82) is 0 Å². The quantitative estimate of drug-likeness (QED) is 0.324. The molecule has 1 unspecified atom stereocenters. The first-order chi connectivity index (χ1) is 13.9. The molecule has 2 heterocycles. The van der Waals surface area contributed by atoms with Gasteiger partial charge in [0.25, 0.3) is 0 Å². The average Bonchev–Trinajstić information content (AvgIpc) is 3.34. The highest BCUT2D eigenvalue weighted by molar-refractivity contribution is 14.0. The lowest BCUT2D eigenvalue weighted by Crippen LogP contribution is -2.44. The molecular weight excluding hydrogens is 508 g/mol. The SMILES string of the molecule is CCNC(=NCCn1ccnc1)NC1CCN(Cc2ccc(C(F)(F)F)cc2)C1.I. The molecule has 6 nitrogen and oxygen atoms in total. The molecule has 166 valence electrons. The lowest BCUT2D eigenvalue weighted by atomic mass is 10.1. The molecule has 0 spiro atoms. The van der Waals surface area contributed by atoms with E-state index in [1.807, 2.05) is 17.7 Å². The van der Waals surface area contributed by atoms with Gasteiger partial charge in [0.05, 0.1) is 18.4 Å². The van der Waals surface area contributed by atoms with Crippen molar-refractivity contribution in [2.45, 2.75) is 38.7 Å². The highest BCUT2D eigenvalue weighted by Gasteiger charge is 2.30. The van der Waals surface area contributed by atoms with Crippen LogP contribution in [-0.4, -0.2) is 52.6 Å². The average molecular weight is 536 g/mol. The summed E-state index contributed by atoms with van der Waals surface area (Å²) in [6.07, 6.45) is 2.10. The van der Waals surface area contributed by atoms with Gasteiger partial charge in [0.15, 0.2) is 5.96 Å². The number of benzene rings is 1. The Kier molecular flexibility index (Phi) is 9.40. The number of guanidine groups is 1. The smallest absolute Gasteiger partial charge is 0.357 e. The number of hydrogen-bond acceptors (Lipinski definition) is 3. The van der Waals surface area contributed by atoms with Gasteiger partial charge < -0.3 is 15.2 Å². The third-order valence-electron chi connectivity index (χ3n) is 4.83. The standard InChI is InChI=1S/C20H27F3N6.HI/c1-2-25-19(26-9-12-28-11-8-24-15-28)27-18-7-10-29(14-18)13-16-3-5-17(6-4-16)20(21,22)23;/h3-6,8,11,15,18H,2,7,9-10,12-14H2,1H3,(H2,25,26,27);1H. The number of likely N-dealkylation sites (tertiary alicyclic amines) is 1. The van der Waals surface area contributed by atoms with Crippen LogP contribution < -0.4 is 10.6 Å². The van der Waals surface area contributed by atoms with E-state index in [1.54, 1.807) is 24.7 Å². The second-order valence-electron chi connectivity index (χ2n) is 7.12. The molecule has 10 heteroatoms. The lowest BCUT2D eigenvalue weighted by Gasteiger charge is -2.19. The van der Waals surface area contributed by atoms with Crippen LogP contribution >= 0.6 is 24.0 Å². The van der Waals surface area contributed by atoms with Gasteiger partial charge in [-0.25, -0.2) is 4.98 Å². The Morgan fingerprint density at radius 1 is 1.27 bits per heavy atom. The molecule has 0 radical (unpaired) electrons. The Bertz CT molecular complexity index is 777. The maximum Gasteiger partial charge on any atom is 0.416 e. The van der Waals surface area contributed by atoms with Crippen LogP contribution in [0.4, 0.5) is 13.2 Å². The Morgan fingerprint density at radius 3 is 2.67 bits per heavy atom. The van der Waals surface area contributed by atoms with Crippen molar-refractivity contribution < 1.29 is 13.2 Å². The van der Waals surface area contributed by atoms with E-state index in [-0.39, 0.29) is 30.0 Å². The molecular formula is C20H28F3IN6. The first-order valence-corrected chi connectivity index (χ1v) is 9.83. The maximum atomic E-state index is 12.7. The third kappa shape index (κ3) is 7.46. The number of imidazole rings is 1. The molecule has 0 bridgehead atoms. The normalized spacial score (nSPS) is 17.6. The number of halogens is 4. The van der Waals surface area contributed by atoms with Crippen LogP contribution in [0.5, 0.6) is 0 Å². The zero-order valence-electron chi connectivity index (χ0n) is 16.9. The minimum Gasteiger partial charge on any atom is -0.357 e. The number of nitrogens with zero attached hydrogens (tertiary/aromatic N) is 4. The van der Waals surface area contributed by atoms with E-state index in [0.29, 0.717) is 13.1 Å². The molecule has 1 aromatic carbocycles. The van der Waals surface area contributed by atoms with Crippen LogP contribution in [0.1, 0.15) is 24.5 Å². The van der Waals surface area contributed by atoms with Crippen molar-refractivity contribution >= 4 is 29.9 Å². The van der Waals surface area contributed by atoms with Crippen molar-refractivity contribution in [3.63, 3.8) is 0 Å². The zero-order chi connectivity index (χ0) is 20.7. The molecule has 2 N–H and O–H groups in total. The number of rotatable bonds is 7. The van der Waals surface area contributed by atoms with Gasteiger partial charge in [-0.1, -0.05) is 12.1 Å². The highest BCUT2D eigenvalue weighted by atomic mass is 127. The summed E-state index contributed by atoms with van der Waals surface area (Å²) in [7, 11) is 0. The van der Waals surface area contributed by atoms with Crippen molar-refractivity contribution in [3.8, 4) is 0 Å². The van der Waals surface area contributed by atoms with Crippen LogP contribution in [0, 0.1) is 0 Å². The molecule has 1 aliphatic heterocycles. The van der Waals surface area contributed by atoms with E-state index < -0.39 is 11.7 Å². The Hall–Kier alpha value is -1.82. The number of aromatic nitrogens is 2. The Labute approximate surface area is 192 Å². The molecule has 0 aliphatic carbocycles. The van der Waals surface area contributed by atoms with E-state index in [2.05, 4.69) is 25.5 Å². The topological polar surface area (TPSA) is 57.5 Å². The van der Waals surface area contributed by atoms with Gasteiger partial charge in [-0.15, -0.1) is 24.0 Å². The number of alkyl halides is 3. The summed E-state index contributed by atoms with van der Waals surface area (Å²) in [6.45, 7) is 6.58. The first-order valence-electron chi connectivity index (χ1n) is 9.83. The van der Waals surface area contributed by atoms with Crippen molar-refractivity contribution in [2.24, 2.45) is 4.99 Å². The minimum absolute atomic E-state index is 0. The maximum absolute atomic E-state index is 12.7. The number of hydrogen-bond donors (Lipinski definition) is 2. The predicted octanol–water partition coefficient (Wildman–Crippen LogP) is 3.35. The van der Waals surface area contributed by atoms with Gasteiger partial charge in [0.1, 0.15) is 0 Å². The van der Waals surface area contributed by atoms with Gasteiger partial charge in [0, 0.05) is 51.2 Å². The second kappa shape index (κ2) is 11.5. The molecule has 1 fully saturated rings. The summed E-state index contributed by atoms with van der Waals surface area (Å²) in [5.41, 5.74) is 0.281. The summed E-state index contributed by atoms with van der Waals surface area (Å²) in [4.78, 5) is 10.9. The van der Waals surface area contributed by atoms with Crippen molar-refractivity contribution in [1.82, 2.24) is 25.1 Å². The Morgan fingerprint density at radius 2 is 2.03 bits per heavy atom. The van der Waals surface area contributed by atoms with Gasteiger partial charge in [0.2, 0.25) is 0 Å². The van der Waals surface area contributed by atoms with Crippen LogP contribution in [0.25, 0.3) is 0 Å². The van der Waals surface area contributed by atoms with Crippen LogP contribution in [0.15, 0.2) is 48.0 Å². The monoisotopic (exact) mass is 536 g/mol. The number of aliphatic imine (C=N–C) groups is 1. The molecule has 0 saturated carbocycles. The molecule has 3 rings (SSSR count). The van der Waals surface area contributed by atoms with E-state index in [9.17, 15) is 13.2 Å². The van der Waals surface area contributed by atoms with Crippen LogP contribution in [0.3, 0.4) is 0 Å². The molecule has 1 saturated heterocycles. The third-order valence-corrected chi connectivity index (χ3v) is 4.83. The molecule has 30 heavy (non-hydrogen) atoms. The molecule has 1 aliphatic rings. The van der Waals surface area contributed by atoms with Crippen LogP contribution in [-0.2, 0) is 19.3 Å². The molecule has 1 atom stereocenters. The van der Waals surface area contributed by atoms with Crippen LogP contribution in [0.2, 0.25) is 0 Å². The fourth-order valence-corrected chi connectivity index (χ4v) is 3.36. The van der Waals surface area contributed by atoms with E-state index in [4.69, 9.17) is 0 Å². The zero-order valence-corrected chi connectivity index (χ0v) is 19.2. The van der Waals surface area contributed by atoms with E-state index >= 15 is 0 Å². The molecule has 2 aromatic rings. The largest absolute Gasteiger partial charge is 0.416 e. The fraction of sp³-hybridized carbons (Fsp3) is 0.500. The van der Waals surface area contributed by atoms with Gasteiger partial charge >= 0.3 is 6.18 Å². The summed E-state index contributed by atoms with van der Waals surface area (Å²) in [6, 6.07) is 5.68. The fourth-order valence-electron chi connectivity index (χ4n) is 3.36. The van der Waals surface area contributed by atoms with Crippen molar-refractivity contribution in [3.05, 3.63) is 54.1 Å².